The van der Waals surface area contributed by atoms with Gasteiger partial charge in [-0.25, -0.2) is 4.79 Å². The zero-order valence-electron chi connectivity index (χ0n) is 19.2. The number of hydrogen-bond donors (Lipinski definition) is 1. The Morgan fingerprint density at radius 3 is 2.51 bits per heavy atom. The summed E-state index contributed by atoms with van der Waals surface area (Å²) in [5.74, 6) is -0.617. The molecule has 2 aliphatic rings. The van der Waals surface area contributed by atoms with Crippen molar-refractivity contribution in [3.63, 3.8) is 0 Å². The summed E-state index contributed by atoms with van der Waals surface area (Å²) in [6.45, 7) is 0. The average molecular weight is 546 g/mol. The largest absolute Gasteiger partial charge is 0.505 e. The van der Waals surface area contributed by atoms with Crippen molar-refractivity contribution < 1.29 is 22.7 Å². The van der Waals surface area contributed by atoms with Gasteiger partial charge in [-0.1, -0.05) is 48.7 Å². The van der Waals surface area contributed by atoms with Crippen molar-refractivity contribution in [1.29, 1.82) is 0 Å². The molecule has 6 rings (SSSR count). The number of alkyl halides is 3. The van der Waals surface area contributed by atoms with Gasteiger partial charge in [-0.15, -0.1) is 0 Å². The molecule has 1 N–H and O–H groups in total. The normalized spacial score (nSPS) is 16.2. The van der Waals surface area contributed by atoms with Crippen LogP contribution in [0, 0.1) is 0 Å². The smallest absolute Gasteiger partial charge is 0.416 e. The number of pyridine rings is 1. The standard InChI is InChI=1S/C27H19ClF3NO4S/c28-15-7-8-18-17(12-15)26(9-2-1-3-10-26)20-13-19-21(24(34)32(18)20)22(33)23(25(35)36-19)37-16-6-4-5-14(11-16)27(29,30)31/h4-8,11-13,33H,1-3,9-10H2. The molecule has 1 spiro atoms. The average Bonchev–Trinajstić information content (AvgIpc) is 3.10. The molecular weight excluding hydrogens is 527 g/mol. The quantitative estimate of drug-likeness (QED) is 0.292. The van der Waals surface area contributed by atoms with Crippen molar-refractivity contribution in [2.75, 3.05) is 0 Å². The Bertz CT molecular complexity index is 1700. The maximum absolute atomic E-state index is 13.9. The molecule has 0 bridgehead atoms. The van der Waals surface area contributed by atoms with Crippen LogP contribution in [0.4, 0.5) is 13.2 Å². The molecule has 2 aromatic carbocycles. The fourth-order valence-electron chi connectivity index (χ4n) is 5.68. The van der Waals surface area contributed by atoms with E-state index in [0.717, 1.165) is 49.8 Å². The molecule has 10 heteroatoms. The third kappa shape index (κ3) is 3.70. The molecule has 190 valence electrons. The van der Waals surface area contributed by atoms with Crippen molar-refractivity contribution in [1.82, 2.24) is 4.57 Å². The summed E-state index contributed by atoms with van der Waals surface area (Å²) in [5.41, 5.74) is -0.658. The minimum atomic E-state index is -4.57. The Balaban J connectivity index is 1.57. The van der Waals surface area contributed by atoms with Crippen molar-refractivity contribution in [3.8, 4) is 11.4 Å². The predicted octanol–water partition coefficient (Wildman–Crippen LogP) is 7.04. The first-order chi connectivity index (χ1) is 17.6. The van der Waals surface area contributed by atoms with E-state index in [9.17, 15) is 27.9 Å². The van der Waals surface area contributed by atoms with Crippen LogP contribution in [0.5, 0.6) is 5.75 Å². The highest BCUT2D eigenvalue weighted by molar-refractivity contribution is 7.99. The summed E-state index contributed by atoms with van der Waals surface area (Å²) in [6.07, 6.45) is 0.00866. The number of hydrogen-bond acceptors (Lipinski definition) is 5. The summed E-state index contributed by atoms with van der Waals surface area (Å²) in [4.78, 5) is 26.5. The number of aromatic hydroxyl groups is 1. The Hall–Kier alpha value is -3.17. The van der Waals surface area contributed by atoms with Gasteiger partial charge >= 0.3 is 11.8 Å². The van der Waals surface area contributed by atoms with Gasteiger partial charge < -0.3 is 9.52 Å². The highest BCUT2D eigenvalue weighted by atomic mass is 35.5. The molecular formula is C27H19ClF3NO4S. The highest BCUT2D eigenvalue weighted by Gasteiger charge is 2.45. The lowest BCUT2D eigenvalue weighted by molar-refractivity contribution is -0.137. The summed E-state index contributed by atoms with van der Waals surface area (Å²) in [5, 5.41) is 11.4. The van der Waals surface area contributed by atoms with E-state index in [1.807, 2.05) is 6.07 Å². The number of aromatic nitrogens is 1. The molecule has 1 fully saturated rings. The third-order valence-electron chi connectivity index (χ3n) is 7.31. The third-order valence-corrected chi connectivity index (χ3v) is 8.59. The highest BCUT2D eigenvalue weighted by Crippen LogP contribution is 2.52. The number of fused-ring (bicyclic) bond motifs is 6. The molecule has 2 aromatic heterocycles. The van der Waals surface area contributed by atoms with Crippen LogP contribution in [-0.2, 0) is 11.6 Å². The first-order valence-electron chi connectivity index (χ1n) is 11.7. The molecule has 37 heavy (non-hydrogen) atoms. The van der Waals surface area contributed by atoms with Gasteiger partial charge in [0.1, 0.15) is 15.9 Å². The minimum Gasteiger partial charge on any atom is -0.505 e. The fourth-order valence-corrected chi connectivity index (χ4v) is 6.75. The van der Waals surface area contributed by atoms with Crippen LogP contribution in [0.3, 0.4) is 0 Å². The van der Waals surface area contributed by atoms with E-state index in [4.69, 9.17) is 16.0 Å². The Kier molecular flexibility index (Phi) is 5.51. The van der Waals surface area contributed by atoms with Gasteiger partial charge in [0, 0.05) is 27.1 Å². The summed E-state index contributed by atoms with van der Waals surface area (Å²) in [7, 11) is 0. The van der Waals surface area contributed by atoms with Crippen molar-refractivity contribution in [2.24, 2.45) is 0 Å². The first kappa shape index (κ1) is 24.2. The molecule has 3 heterocycles. The molecule has 0 atom stereocenters. The van der Waals surface area contributed by atoms with Gasteiger partial charge in [-0.3, -0.25) is 9.36 Å². The minimum absolute atomic E-state index is 0.0593. The molecule has 0 amide bonds. The summed E-state index contributed by atoms with van der Waals surface area (Å²) >= 11 is 6.95. The lowest BCUT2D eigenvalue weighted by Gasteiger charge is -2.34. The van der Waals surface area contributed by atoms with E-state index in [-0.39, 0.29) is 20.8 Å². The predicted molar refractivity (Wildman–Crippen MR) is 134 cm³/mol. The lowest BCUT2D eigenvalue weighted by atomic mass is 9.68. The van der Waals surface area contributed by atoms with Crippen LogP contribution in [0.1, 0.15) is 48.9 Å². The Morgan fingerprint density at radius 2 is 1.78 bits per heavy atom. The van der Waals surface area contributed by atoms with Crippen LogP contribution in [0.15, 0.2) is 72.3 Å². The zero-order chi connectivity index (χ0) is 26.1. The lowest BCUT2D eigenvalue weighted by Crippen LogP contribution is -2.31. The first-order valence-corrected chi connectivity index (χ1v) is 12.9. The number of nitrogens with zero attached hydrogens (tertiary/aromatic N) is 1. The second-order valence-corrected chi connectivity index (χ2v) is 10.9. The van der Waals surface area contributed by atoms with E-state index >= 15 is 0 Å². The molecule has 4 aromatic rings. The van der Waals surface area contributed by atoms with Gasteiger partial charge in [0.2, 0.25) is 0 Å². The van der Waals surface area contributed by atoms with Gasteiger partial charge in [0.05, 0.1) is 11.3 Å². The maximum atomic E-state index is 13.9. The number of rotatable bonds is 2. The monoisotopic (exact) mass is 545 g/mol. The molecule has 1 aliphatic heterocycles. The SMILES string of the molecule is O=c1oc2cc3n(c(=O)c2c(O)c1Sc1cccc(C(F)(F)F)c1)-c1ccc(Cl)cc1C31CCCCC1. The fraction of sp³-hybridized carbons (Fsp3) is 0.259. The molecule has 0 saturated heterocycles. The molecule has 5 nitrogen and oxygen atoms in total. The van der Waals surface area contributed by atoms with Crippen LogP contribution in [0.2, 0.25) is 5.02 Å². The molecule has 0 radical (unpaired) electrons. The van der Waals surface area contributed by atoms with E-state index in [1.54, 1.807) is 18.2 Å². The van der Waals surface area contributed by atoms with Crippen LogP contribution in [-0.4, -0.2) is 9.67 Å². The summed E-state index contributed by atoms with van der Waals surface area (Å²) in [6, 6.07) is 11.3. The summed E-state index contributed by atoms with van der Waals surface area (Å²) < 4.78 is 46.5. The van der Waals surface area contributed by atoms with Crippen LogP contribution in [0.25, 0.3) is 16.7 Å². The van der Waals surface area contributed by atoms with Crippen molar-refractivity contribution in [2.45, 2.75) is 53.5 Å². The molecule has 1 aliphatic carbocycles. The van der Waals surface area contributed by atoms with E-state index in [2.05, 4.69) is 0 Å². The van der Waals surface area contributed by atoms with Crippen molar-refractivity contribution in [3.05, 3.63) is 91.1 Å². The zero-order valence-corrected chi connectivity index (χ0v) is 20.8. The van der Waals surface area contributed by atoms with E-state index in [0.29, 0.717) is 28.2 Å². The maximum Gasteiger partial charge on any atom is 0.416 e. The van der Waals surface area contributed by atoms with Gasteiger partial charge in [0.25, 0.3) is 5.56 Å². The second kappa shape index (κ2) is 8.43. The second-order valence-electron chi connectivity index (χ2n) is 9.41. The Labute approximate surface area is 217 Å². The van der Waals surface area contributed by atoms with Gasteiger partial charge in [0.15, 0.2) is 5.75 Å². The van der Waals surface area contributed by atoms with Crippen molar-refractivity contribution >= 4 is 34.3 Å². The molecule has 0 unspecified atom stereocenters. The Morgan fingerprint density at radius 1 is 1.03 bits per heavy atom. The van der Waals surface area contributed by atoms with Gasteiger partial charge in [-0.05, 0) is 54.8 Å². The number of halogens is 4. The van der Waals surface area contributed by atoms with Crippen LogP contribution >= 0.6 is 23.4 Å². The number of benzene rings is 2. The van der Waals surface area contributed by atoms with E-state index in [1.165, 1.54) is 16.7 Å². The topological polar surface area (TPSA) is 72.4 Å². The van der Waals surface area contributed by atoms with Crippen LogP contribution < -0.4 is 11.2 Å². The van der Waals surface area contributed by atoms with E-state index < -0.39 is 34.1 Å². The molecule has 1 saturated carbocycles. The van der Waals surface area contributed by atoms with Gasteiger partial charge in [-0.2, -0.15) is 13.2 Å².